The first-order valence-corrected chi connectivity index (χ1v) is 15.7. The second-order valence-corrected chi connectivity index (χ2v) is 13.6. The van der Waals surface area contributed by atoms with Crippen LogP contribution in [0.3, 0.4) is 0 Å². The van der Waals surface area contributed by atoms with E-state index in [0.29, 0.717) is 37.4 Å². The number of piperidine rings is 1. The number of nitriles is 1. The van der Waals surface area contributed by atoms with E-state index >= 15 is 0 Å². The molecule has 2 heterocycles. The third kappa shape index (κ3) is 6.74. The van der Waals surface area contributed by atoms with Crippen molar-refractivity contribution >= 4 is 20.0 Å². The highest BCUT2D eigenvalue weighted by Gasteiger charge is 2.45. The summed E-state index contributed by atoms with van der Waals surface area (Å²) in [6.07, 6.45) is 0.841. The minimum atomic E-state index is -3.88. The van der Waals surface area contributed by atoms with E-state index in [9.17, 15) is 27.2 Å². The molecule has 2 aromatic carbocycles. The largest absolute Gasteiger partial charge is 0.497 e. The maximum atomic E-state index is 13.3. The van der Waals surface area contributed by atoms with Gasteiger partial charge in [-0.2, -0.15) is 9.57 Å². The summed E-state index contributed by atoms with van der Waals surface area (Å²) >= 11 is 0. The number of ether oxygens (including phenoxy) is 3. The van der Waals surface area contributed by atoms with E-state index < -0.39 is 31.8 Å². The normalized spacial score (nSPS) is 20.2. The van der Waals surface area contributed by atoms with Crippen molar-refractivity contribution in [2.45, 2.75) is 46.8 Å². The van der Waals surface area contributed by atoms with Crippen molar-refractivity contribution in [3.8, 4) is 17.6 Å². The summed E-state index contributed by atoms with van der Waals surface area (Å²) in [5.74, 6) is 0.693. The highest BCUT2D eigenvalue weighted by Crippen LogP contribution is 2.38. The van der Waals surface area contributed by atoms with Crippen molar-refractivity contribution in [3.63, 3.8) is 0 Å². The Bertz CT molecular complexity index is 1450. The molecular formula is C26H34N4O8S2. The lowest BCUT2D eigenvalue weighted by Gasteiger charge is -2.38. The number of benzene rings is 2. The molecule has 40 heavy (non-hydrogen) atoms. The predicted molar refractivity (Wildman–Crippen MR) is 145 cm³/mol. The molecule has 0 saturated carbocycles. The number of aliphatic hydroxyl groups excluding tert-OH is 1. The molecule has 0 radical (unpaired) electrons. The van der Waals surface area contributed by atoms with E-state index in [1.165, 1.54) is 42.7 Å². The van der Waals surface area contributed by atoms with Crippen LogP contribution < -0.4 is 19.5 Å². The Kier molecular flexibility index (Phi) is 9.36. The Balaban J connectivity index is 1.26. The van der Waals surface area contributed by atoms with Crippen LogP contribution in [0.4, 0.5) is 0 Å². The molecule has 0 aromatic heterocycles. The molecule has 4 rings (SSSR count). The fraction of sp³-hybridized carbons (Fsp3) is 0.500. The molecule has 2 saturated heterocycles. The first kappa shape index (κ1) is 30.2. The molecule has 2 unspecified atom stereocenters. The number of aliphatic hydroxyl groups is 1. The Hall–Kier alpha value is -2.77. The average Bonchev–Trinajstić information content (AvgIpc) is 3.36. The van der Waals surface area contributed by atoms with Crippen LogP contribution in [0.5, 0.6) is 11.5 Å². The van der Waals surface area contributed by atoms with Crippen LogP contribution in [0.1, 0.15) is 24.8 Å². The summed E-state index contributed by atoms with van der Waals surface area (Å²) in [6, 6.07) is 12.3. The maximum Gasteiger partial charge on any atom is 0.244 e. The van der Waals surface area contributed by atoms with Crippen molar-refractivity contribution in [2.24, 2.45) is 0 Å². The monoisotopic (exact) mass is 594 g/mol. The zero-order valence-electron chi connectivity index (χ0n) is 22.4. The molecule has 218 valence electrons. The van der Waals surface area contributed by atoms with Crippen molar-refractivity contribution in [1.29, 1.82) is 5.26 Å². The zero-order valence-corrected chi connectivity index (χ0v) is 24.0. The highest BCUT2D eigenvalue weighted by atomic mass is 32.2. The van der Waals surface area contributed by atoms with Gasteiger partial charge in [0.25, 0.3) is 0 Å². The van der Waals surface area contributed by atoms with Crippen LogP contribution in [0.2, 0.25) is 0 Å². The maximum absolute atomic E-state index is 13.3. The van der Waals surface area contributed by atoms with Gasteiger partial charge in [-0.05, 0) is 50.6 Å². The van der Waals surface area contributed by atoms with Crippen LogP contribution in [0.15, 0.2) is 52.3 Å². The molecule has 0 bridgehead atoms. The predicted octanol–water partition coefficient (Wildman–Crippen LogP) is 0.817. The van der Waals surface area contributed by atoms with E-state index in [2.05, 4.69) is 10.0 Å². The van der Waals surface area contributed by atoms with Gasteiger partial charge < -0.3 is 24.6 Å². The zero-order chi connectivity index (χ0) is 29.0. The second kappa shape index (κ2) is 12.4. The number of hydrogen-bond acceptors (Lipinski definition) is 10. The Morgan fingerprint density at radius 2 is 1.93 bits per heavy atom. The summed E-state index contributed by atoms with van der Waals surface area (Å²) in [5, 5.41) is 23.1. The molecule has 1 spiro atoms. The van der Waals surface area contributed by atoms with E-state index in [0.717, 1.165) is 0 Å². The van der Waals surface area contributed by atoms with Crippen LogP contribution in [-0.4, -0.2) is 91.0 Å². The van der Waals surface area contributed by atoms with Crippen LogP contribution in [0, 0.1) is 11.3 Å². The Morgan fingerprint density at radius 1 is 1.18 bits per heavy atom. The van der Waals surface area contributed by atoms with Gasteiger partial charge in [0.2, 0.25) is 20.0 Å². The molecule has 0 aliphatic carbocycles. The van der Waals surface area contributed by atoms with Crippen molar-refractivity contribution in [3.05, 3.63) is 48.0 Å². The van der Waals surface area contributed by atoms with Crippen LogP contribution in [0.25, 0.3) is 0 Å². The fourth-order valence-electron chi connectivity index (χ4n) is 4.94. The quantitative estimate of drug-likeness (QED) is 0.339. The number of rotatable bonds is 11. The van der Waals surface area contributed by atoms with E-state index in [4.69, 9.17) is 14.2 Å². The van der Waals surface area contributed by atoms with Gasteiger partial charge in [-0.3, -0.25) is 0 Å². The molecule has 12 nitrogen and oxygen atoms in total. The van der Waals surface area contributed by atoms with Gasteiger partial charge in [0.15, 0.2) is 0 Å². The Morgan fingerprint density at radius 3 is 2.60 bits per heavy atom. The molecule has 2 fully saturated rings. The number of methoxy groups -OCH3 is 1. The van der Waals surface area contributed by atoms with Crippen LogP contribution in [-0.2, 0) is 24.8 Å². The summed E-state index contributed by atoms with van der Waals surface area (Å²) in [4.78, 5) is 0.00475. The highest BCUT2D eigenvalue weighted by molar-refractivity contribution is 7.89. The molecule has 2 atom stereocenters. The molecule has 14 heteroatoms. The van der Waals surface area contributed by atoms with Crippen LogP contribution >= 0.6 is 0 Å². The number of sulfonamides is 2. The van der Waals surface area contributed by atoms with Gasteiger partial charge in [-0.1, -0.05) is 6.07 Å². The minimum Gasteiger partial charge on any atom is -0.497 e. The van der Waals surface area contributed by atoms with E-state index in [-0.39, 0.29) is 47.6 Å². The molecule has 3 N–H and O–H groups in total. The van der Waals surface area contributed by atoms with Crippen molar-refractivity contribution < 1.29 is 36.2 Å². The molecule has 2 aliphatic heterocycles. The summed E-state index contributed by atoms with van der Waals surface area (Å²) < 4.78 is 71.1. The number of hydrogen-bond donors (Lipinski definition) is 3. The SMILES string of the molecule is CNS(=O)(=O)c1cccc(OCC(O)CNC2COC3(CCN(S(=O)(=O)c4cc(OC)ccc4C#N)CC3)C2)c1. The Labute approximate surface area is 234 Å². The lowest BCUT2D eigenvalue weighted by molar-refractivity contribution is -0.0312. The number of nitrogens with one attached hydrogen (secondary N) is 2. The summed E-state index contributed by atoms with van der Waals surface area (Å²) in [7, 11) is -4.72. The number of nitrogens with zero attached hydrogens (tertiary/aromatic N) is 2. The smallest absolute Gasteiger partial charge is 0.244 e. The average molecular weight is 595 g/mol. The third-order valence-electron chi connectivity index (χ3n) is 7.24. The lowest BCUT2D eigenvalue weighted by Crippen LogP contribution is -2.47. The first-order chi connectivity index (χ1) is 19.0. The van der Waals surface area contributed by atoms with Gasteiger partial charge in [-0.15, -0.1) is 0 Å². The molecule has 2 aliphatic rings. The fourth-order valence-corrected chi connectivity index (χ4v) is 7.30. The first-order valence-electron chi connectivity index (χ1n) is 12.8. The summed E-state index contributed by atoms with van der Waals surface area (Å²) in [6.45, 7) is 1.16. The molecule has 0 amide bonds. The van der Waals surface area contributed by atoms with Gasteiger partial charge in [-0.25, -0.2) is 21.6 Å². The van der Waals surface area contributed by atoms with Gasteiger partial charge in [0.1, 0.15) is 35.2 Å². The lowest BCUT2D eigenvalue weighted by atomic mass is 9.88. The van der Waals surface area contributed by atoms with E-state index in [1.807, 2.05) is 6.07 Å². The minimum absolute atomic E-state index is 0.0227. The van der Waals surface area contributed by atoms with Crippen molar-refractivity contribution in [1.82, 2.24) is 14.3 Å². The summed E-state index contributed by atoms with van der Waals surface area (Å²) in [5.41, 5.74) is -0.391. The van der Waals surface area contributed by atoms with Crippen molar-refractivity contribution in [2.75, 3.05) is 47.0 Å². The van der Waals surface area contributed by atoms with Gasteiger partial charge in [0, 0.05) is 37.8 Å². The van der Waals surface area contributed by atoms with Gasteiger partial charge >= 0.3 is 0 Å². The molecular weight excluding hydrogens is 560 g/mol. The second-order valence-electron chi connectivity index (χ2n) is 9.83. The standard InChI is InChI=1S/C26H34N4O8S2/c1-28-39(32,33)24-5-3-4-23(12-24)37-18-21(31)16-29-20-14-26(38-17-20)8-10-30(11-9-26)40(34,35)25-13-22(36-2)7-6-19(25)15-27/h3-7,12-13,20-21,28-29,31H,8-11,14,16-18H2,1-2H3. The van der Waals surface area contributed by atoms with Gasteiger partial charge in [0.05, 0.1) is 29.8 Å². The topological polar surface area (TPSA) is 167 Å². The third-order valence-corrected chi connectivity index (χ3v) is 10.6. The molecule has 2 aromatic rings. The van der Waals surface area contributed by atoms with E-state index in [1.54, 1.807) is 18.2 Å².